The molecule has 0 amide bonds. The van der Waals surface area contributed by atoms with E-state index in [9.17, 15) is 18.7 Å². The van der Waals surface area contributed by atoms with Crippen LogP contribution in [-0.2, 0) is 24.1 Å². The summed E-state index contributed by atoms with van der Waals surface area (Å²) in [6, 6.07) is 20.3. The number of aryl methyl sites for hydroxylation is 1. The Kier molecular flexibility index (Phi) is 12.3. The van der Waals surface area contributed by atoms with Crippen LogP contribution in [0, 0.1) is 24.0 Å². The monoisotopic (exact) mass is 725 g/mol. The molecular weight excluding hydrogens is 676 g/mol. The summed E-state index contributed by atoms with van der Waals surface area (Å²) in [5.74, 6) is 0.0917. The number of carboxylic acid groups (broad SMARTS) is 1. The highest BCUT2D eigenvalue weighted by Gasteiger charge is 2.32. The number of carboxylic acids is 1. The fraction of sp³-hybridized carbons (Fsp3) is 0.372. The highest BCUT2D eigenvalue weighted by atomic mass is 19.1. The molecule has 8 nitrogen and oxygen atoms in total. The maximum Gasteiger partial charge on any atom is 0.307 e. The lowest BCUT2D eigenvalue weighted by Crippen LogP contribution is -2.38. The summed E-state index contributed by atoms with van der Waals surface area (Å²) in [6.45, 7) is 13.5. The number of aromatic nitrogens is 2. The van der Waals surface area contributed by atoms with Crippen molar-refractivity contribution in [2.24, 2.45) is 5.41 Å². The van der Waals surface area contributed by atoms with E-state index in [1.807, 2.05) is 31.2 Å². The maximum absolute atomic E-state index is 13.5. The van der Waals surface area contributed by atoms with Crippen molar-refractivity contribution in [3.63, 3.8) is 0 Å². The number of ether oxygens (including phenoxy) is 1. The van der Waals surface area contributed by atoms with Gasteiger partial charge in [-0.1, -0.05) is 50.2 Å². The van der Waals surface area contributed by atoms with E-state index in [0.29, 0.717) is 53.8 Å². The van der Waals surface area contributed by atoms with E-state index in [0.717, 1.165) is 53.9 Å². The Morgan fingerprint density at radius 2 is 1.49 bits per heavy atom. The summed E-state index contributed by atoms with van der Waals surface area (Å²) in [5.41, 5.74) is 5.75. The summed E-state index contributed by atoms with van der Waals surface area (Å²) in [7, 11) is 0. The largest absolute Gasteiger partial charge is 0.493 e. The van der Waals surface area contributed by atoms with Crippen molar-refractivity contribution in [1.82, 2.24) is 9.97 Å². The van der Waals surface area contributed by atoms with Crippen molar-refractivity contribution >= 4 is 11.7 Å². The van der Waals surface area contributed by atoms with Gasteiger partial charge in [-0.25, -0.2) is 18.7 Å². The number of pyridine rings is 1. The molecule has 1 aliphatic rings. The molecule has 0 atom stereocenters. The van der Waals surface area contributed by atoms with Gasteiger partial charge in [0.2, 0.25) is 5.89 Å². The minimum absolute atomic E-state index is 0.173. The Bertz CT molecular complexity index is 1970. The van der Waals surface area contributed by atoms with E-state index < -0.39 is 11.6 Å². The molecule has 53 heavy (non-hydrogen) atoms. The topological polar surface area (TPSA) is 109 Å². The third-order valence-electron chi connectivity index (χ3n) is 9.00. The number of halogens is 2. The zero-order valence-corrected chi connectivity index (χ0v) is 31.4. The molecule has 1 saturated heterocycles. The fourth-order valence-electron chi connectivity index (χ4n) is 6.16. The van der Waals surface area contributed by atoms with Gasteiger partial charge in [-0.3, -0.25) is 4.79 Å². The molecule has 1 aliphatic heterocycles. The molecule has 0 aliphatic carbocycles. The molecule has 10 heteroatoms. The van der Waals surface area contributed by atoms with Crippen LogP contribution in [0.2, 0.25) is 0 Å². The third kappa shape index (κ3) is 11.2. The molecule has 0 spiro atoms. The molecule has 0 unspecified atom stereocenters. The lowest BCUT2D eigenvalue weighted by atomic mass is 9.82. The Balaban J connectivity index is 0.00000101. The molecule has 5 aromatic rings. The summed E-state index contributed by atoms with van der Waals surface area (Å²) in [5, 5.41) is 18.5. The SMILES string of the molecule is CC(C)(C)O.Cc1nc(-c2ncc(Cc3ccc(F)cc3)o2)c(-c2ccc(OCCc3ccc(F)cc3)cc2)c(N2CCC(C)(C)CC2)c1CC(=O)O. The van der Waals surface area contributed by atoms with Crippen molar-refractivity contribution in [3.05, 3.63) is 119 Å². The second-order valence-electron chi connectivity index (χ2n) is 15.3. The van der Waals surface area contributed by atoms with Gasteiger partial charge in [0.15, 0.2) is 0 Å². The first-order valence-electron chi connectivity index (χ1n) is 17.9. The lowest BCUT2D eigenvalue weighted by Gasteiger charge is -2.40. The van der Waals surface area contributed by atoms with Gasteiger partial charge in [-0.2, -0.15) is 0 Å². The standard InChI is InChI=1S/C39H39F2N3O4.C4H10O/c1-25-33(23-34(45)46)37(44-19-17-39(2,3)18-20-44)35(28-8-14-31(15-9-28)47-21-16-26-4-10-29(40)11-5-26)36(43-25)38-42-24-32(48-38)22-27-6-12-30(41)13-7-27;1-4(2,3)5/h4-15,24H,16-23H2,1-3H3,(H,45,46);5H,1-3H3. The Morgan fingerprint density at radius 1 is 0.925 bits per heavy atom. The first-order chi connectivity index (χ1) is 25.0. The number of oxazole rings is 1. The van der Waals surface area contributed by atoms with Crippen LogP contribution in [0.4, 0.5) is 14.5 Å². The molecule has 2 N–H and O–H groups in total. The quantitative estimate of drug-likeness (QED) is 0.139. The first kappa shape index (κ1) is 39.1. The van der Waals surface area contributed by atoms with Crippen LogP contribution in [0.25, 0.3) is 22.7 Å². The highest BCUT2D eigenvalue weighted by molar-refractivity contribution is 5.92. The zero-order chi connectivity index (χ0) is 38.3. The van der Waals surface area contributed by atoms with Crippen LogP contribution in [-0.4, -0.2) is 51.4 Å². The zero-order valence-electron chi connectivity index (χ0n) is 31.4. The minimum atomic E-state index is -0.931. The molecule has 0 bridgehead atoms. The van der Waals surface area contributed by atoms with Crippen molar-refractivity contribution in [1.29, 1.82) is 0 Å². The van der Waals surface area contributed by atoms with E-state index in [4.69, 9.17) is 19.2 Å². The predicted octanol–water partition coefficient (Wildman–Crippen LogP) is 9.23. The average molecular weight is 726 g/mol. The van der Waals surface area contributed by atoms with E-state index in [1.165, 1.54) is 24.3 Å². The first-order valence-corrected chi connectivity index (χ1v) is 17.9. The van der Waals surface area contributed by atoms with E-state index in [2.05, 4.69) is 23.7 Å². The number of benzene rings is 3. The predicted molar refractivity (Wildman–Crippen MR) is 203 cm³/mol. The van der Waals surface area contributed by atoms with Gasteiger partial charge in [-0.05, 0) is 99.0 Å². The Morgan fingerprint density at radius 3 is 2.06 bits per heavy atom. The maximum atomic E-state index is 13.5. The van der Waals surface area contributed by atoms with Gasteiger partial charge < -0.3 is 24.3 Å². The van der Waals surface area contributed by atoms with Crippen LogP contribution >= 0.6 is 0 Å². The van der Waals surface area contributed by atoms with Gasteiger partial charge in [0, 0.05) is 42.8 Å². The molecule has 0 saturated carbocycles. The summed E-state index contributed by atoms with van der Waals surface area (Å²) < 4.78 is 39.1. The van der Waals surface area contributed by atoms with E-state index in [-0.39, 0.29) is 23.5 Å². The Labute approximate surface area is 310 Å². The second-order valence-corrected chi connectivity index (χ2v) is 15.3. The van der Waals surface area contributed by atoms with Crippen molar-refractivity contribution in [3.8, 4) is 28.5 Å². The van der Waals surface area contributed by atoms with Gasteiger partial charge in [0.1, 0.15) is 28.8 Å². The Hall–Kier alpha value is -5.09. The van der Waals surface area contributed by atoms with Crippen molar-refractivity contribution in [2.45, 2.75) is 79.2 Å². The number of carbonyl (C=O) groups is 1. The number of aliphatic hydroxyl groups is 1. The molecule has 6 rings (SSSR count). The van der Waals surface area contributed by atoms with Gasteiger partial charge in [-0.15, -0.1) is 0 Å². The number of rotatable bonds is 11. The number of hydrogen-bond donors (Lipinski definition) is 2. The normalized spacial score (nSPS) is 14.0. The molecule has 280 valence electrons. The van der Waals surface area contributed by atoms with Crippen LogP contribution in [0.5, 0.6) is 5.75 Å². The average Bonchev–Trinajstić information content (AvgIpc) is 3.55. The summed E-state index contributed by atoms with van der Waals surface area (Å²) in [4.78, 5) is 24.1. The smallest absolute Gasteiger partial charge is 0.307 e. The molecule has 3 heterocycles. The molecule has 3 aromatic carbocycles. The summed E-state index contributed by atoms with van der Waals surface area (Å²) in [6.07, 6.45) is 4.46. The van der Waals surface area contributed by atoms with Crippen molar-refractivity contribution in [2.75, 3.05) is 24.6 Å². The fourth-order valence-corrected chi connectivity index (χ4v) is 6.16. The van der Waals surface area contributed by atoms with Gasteiger partial charge in [0.05, 0.1) is 30.5 Å². The van der Waals surface area contributed by atoms with Gasteiger partial charge >= 0.3 is 5.97 Å². The van der Waals surface area contributed by atoms with E-state index in [1.54, 1.807) is 51.2 Å². The molecular formula is C43H49F2N3O5. The van der Waals surface area contributed by atoms with Crippen LogP contribution in [0.3, 0.4) is 0 Å². The number of aliphatic carboxylic acids is 1. The number of nitrogens with zero attached hydrogens (tertiary/aromatic N) is 3. The minimum Gasteiger partial charge on any atom is -0.493 e. The summed E-state index contributed by atoms with van der Waals surface area (Å²) >= 11 is 0. The third-order valence-corrected chi connectivity index (χ3v) is 9.00. The van der Waals surface area contributed by atoms with Crippen LogP contribution < -0.4 is 9.64 Å². The van der Waals surface area contributed by atoms with Crippen LogP contribution in [0.15, 0.2) is 83.4 Å². The molecule has 0 radical (unpaired) electrons. The second kappa shape index (κ2) is 16.7. The van der Waals surface area contributed by atoms with Gasteiger partial charge in [0.25, 0.3) is 0 Å². The molecule has 2 aromatic heterocycles. The number of anilines is 1. The number of piperidine rings is 1. The van der Waals surface area contributed by atoms with Crippen molar-refractivity contribution < 1.29 is 32.9 Å². The number of hydrogen-bond acceptors (Lipinski definition) is 7. The lowest BCUT2D eigenvalue weighted by molar-refractivity contribution is -0.136. The van der Waals surface area contributed by atoms with E-state index >= 15 is 0 Å². The molecule has 1 fully saturated rings. The van der Waals surface area contributed by atoms with Crippen LogP contribution in [0.1, 0.15) is 75.6 Å². The highest BCUT2D eigenvalue weighted by Crippen LogP contribution is 2.45.